The van der Waals surface area contributed by atoms with E-state index in [9.17, 15) is 9.59 Å². The number of aromatic nitrogens is 6. The van der Waals surface area contributed by atoms with Gasteiger partial charge in [-0.1, -0.05) is 29.3 Å². The minimum atomic E-state index is -0.495. The summed E-state index contributed by atoms with van der Waals surface area (Å²) in [6.07, 6.45) is 3.24. The Balaban J connectivity index is 1.28. The molecule has 1 fully saturated rings. The molecular weight excluding hydrogens is 504 g/mol. The molecule has 0 aliphatic carbocycles. The number of hydrogen-bond donors (Lipinski definition) is 1. The van der Waals surface area contributed by atoms with Crippen LogP contribution in [0.4, 0.5) is 11.5 Å². The molecule has 5 aromatic rings. The number of fused-ring (bicyclic) bond motifs is 1. The van der Waals surface area contributed by atoms with Gasteiger partial charge in [-0.15, -0.1) is 0 Å². The van der Waals surface area contributed by atoms with Gasteiger partial charge in [0.1, 0.15) is 12.1 Å². The third-order valence-corrected chi connectivity index (χ3v) is 6.79. The molecule has 4 heterocycles. The van der Waals surface area contributed by atoms with Crippen LogP contribution in [-0.4, -0.2) is 47.9 Å². The maximum atomic E-state index is 13.3. The predicted molar refractivity (Wildman–Crippen MR) is 144 cm³/mol. The fourth-order valence-corrected chi connectivity index (χ4v) is 4.73. The first kappa shape index (κ1) is 23.8. The van der Waals surface area contributed by atoms with Crippen LogP contribution in [0.25, 0.3) is 22.5 Å². The highest BCUT2D eigenvalue weighted by atomic mass is 35.5. The van der Waals surface area contributed by atoms with E-state index in [2.05, 4.69) is 25.5 Å². The maximum absolute atomic E-state index is 13.3. The van der Waals surface area contributed by atoms with Crippen molar-refractivity contribution in [1.29, 1.82) is 0 Å². The number of aryl methyl sites for hydroxylation is 2. The summed E-state index contributed by atoms with van der Waals surface area (Å²) in [4.78, 5) is 36.5. The molecule has 6 rings (SSSR count). The molecule has 11 heteroatoms. The van der Waals surface area contributed by atoms with Gasteiger partial charge in [0.2, 0.25) is 11.8 Å². The predicted octanol–water partition coefficient (Wildman–Crippen LogP) is 4.26. The highest BCUT2D eigenvalue weighted by molar-refractivity contribution is 6.30. The Labute approximate surface area is 222 Å². The fourth-order valence-electron chi connectivity index (χ4n) is 4.61. The standard InChI is InChI=1S/C27H23ClN8O2/c1-16-3-7-20(8-4-16)34-14-18(12-24(34)37)27(38)32-23-11-17(2)33-36(23)26-22-13-31-35(25(22)29-15-30-26)21-9-5-19(28)6-10-21/h3-11,13,15,18H,12,14H2,1-2H3,(H,32,38). The van der Waals surface area contributed by atoms with Gasteiger partial charge in [-0.2, -0.15) is 14.9 Å². The Hall–Kier alpha value is -4.57. The van der Waals surface area contributed by atoms with Crippen molar-refractivity contribution in [3.8, 4) is 11.5 Å². The molecule has 10 nitrogen and oxygen atoms in total. The van der Waals surface area contributed by atoms with Crippen molar-refractivity contribution in [2.24, 2.45) is 5.92 Å². The lowest BCUT2D eigenvalue weighted by molar-refractivity contribution is -0.122. The van der Waals surface area contributed by atoms with Crippen molar-refractivity contribution in [3.63, 3.8) is 0 Å². The average Bonchev–Trinajstić information content (AvgIpc) is 3.61. The summed E-state index contributed by atoms with van der Waals surface area (Å²) in [7, 11) is 0. The largest absolute Gasteiger partial charge is 0.312 e. The van der Waals surface area contributed by atoms with E-state index in [1.807, 2.05) is 50.2 Å². The van der Waals surface area contributed by atoms with Crippen LogP contribution in [-0.2, 0) is 9.59 Å². The van der Waals surface area contributed by atoms with Gasteiger partial charge in [0.05, 0.1) is 28.9 Å². The molecule has 2 amide bonds. The Bertz CT molecular complexity index is 1670. The molecule has 0 radical (unpaired) electrons. The van der Waals surface area contributed by atoms with Gasteiger partial charge in [0, 0.05) is 29.7 Å². The van der Waals surface area contributed by atoms with Gasteiger partial charge in [0.15, 0.2) is 11.5 Å². The van der Waals surface area contributed by atoms with Crippen molar-refractivity contribution >= 4 is 46.0 Å². The number of anilines is 2. The maximum Gasteiger partial charge on any atom is 0.230 e. The molecule has 38 heavy (non-hydrogen) atoms. The van der Waals surface area contributed by atoms with Gasteiger partial charge < -0.3 is 10.2 Å². The highest BCUT2D eigenvalue weighted by Crippen LogP contribution is 2.28. The first-order valence-electron chi connectivity index (χ1n) is 12.1. The normalized spacial score (nSPS) is 15.4. The van der Waals surface area contributed by atoms with Crippen LogP contribution < -0.4 is 10.2 Å². The van der Waals surface area contributed by atoms with Crippen LogP contribution in [0.3, 0.4) is 0 Å². The lowest BCUT2D eigenvalue weighted by Gasteiger charge is -2.17. The van der Waals surface area contributed by atoms with Crippen molar-refractivity contribution in [2.75, 3.05) is 16.8 Å². The van der Waals surface area contributed by atoms with Crippen LogP contribution in [0.2, 0.25) is 5.02 Å². The fraction of sp³-hybridized carbons (Fsp3) is 0.185. The smallest absolute Gasteiger partial charge is 0.230 e. The van der Waals surface area contributed by atoms with Crippen molar-refractivity contribution in [2.45, 2.75) is 20.3 Å². The number of halogens is 1. The lowest BCUT2D eigenvalue weighted by Crippen LogP contribution is -2.28. The molecule has 0 saturated carbocycles. The number of nitrogens with one attached hydrogen (secondary N) is 1. The third-order valence-electron chi connectivity index (χ3n) is 6.54. The summed E-state index contributed by atoms with van der Waals surface area (Å²) in [6, 6.07) is 16.7. The quantitative estimate of drug-likeness (QED) is 0.366. The van der Waals surface area contributed by atoms with Crippen molar-refractivity contribution in [3.05, 3.63) is 83.4 Å². The van der Waals surface area contributed by atoms with Crippen LogP contribution in [0.5, 0.6) is 0 Å². The lowest BCUT2D eigenvalue weighted by atomic mass is 10.1. The van der Waals surface area contributed by atoms with Gasteiger partial charge in [0.25, 0.3) is 0 Å². The molecular formula is C27H23ClN8O2. The summed E-state index contributed by atoms with van der Waals surface area (Å²) >= 11 is 6.03. The SMILES string of the molecule is Cc1ccc(N2CC(C(=O)Nc3cc(C)nn3-c3ncnc4c3cnn4-c3ccc(Cl)cc3)CC2=O)cc1. The number of carbonyl (C=O) groups excluding carboxylic acids is 2. The van der Waals surface area contributed by atoms with Crippen LogP contribution in [0.15, 0.2) is 67.1 Å². The molecule has 1 saturated heterocycles. The molecule has 1 aliphatic rings. The number of benzene rings is 2. The molecule has 1 unspecified atom stereocenters. The number of hydrogen-bond acceptors (Lipinski definition) is 6. The summed E-state index contributed by atoms with van der Waals surface area (Å²) in [6.45, 7) is 4.14. The van der Waals surface area contributed by atoms with E-state index in [1.54, 1.807) is 38.7 Å². The number of carbonyl (C=O) groups is 2. The van der Waals surface area contributed by atoms with E-state index in [0.29, 0.717) is 39.9 Å². The molecule has 3 aromatic heterocycles. The second kappa shape index (κ2) is 9.38. The van der Waals surface area contributed by atoms with Crippen molar-refractivity contribution in [1.82, 2.24) is 29.5 Å². The highest BCUT2D eigenvalue weighted by Gasteiger charge is 2.35. The van der Waals surface area contributed by atoms with E-state index >= 15 is 0 Å². The van der Waals surface area contributed by atoms with Crippen LogP contribution >= 0.6 is 11.6 Å². The molecule has 190 valence electrons. The topological polar surface area (TPSA) is 111 Å². The number of nitrogens with zero attached hydrogens (tertiary/aromatic N) is 7. The first-order valence-corrected chi connectivity index (χ1v) is 12.4. The summed E-state index contributed by atoms with van der Waals surface area (Å²) < 4.78 is 3.26. The Morgan fingerprint density at radius 3 is 2.50 bits per heavy atom. The first-order chi connectivity index (χ1) is 18.4. The summed E-state index contributed by atoms with van der Waals surface area (Å²) in [5.74, 6) is 0.1000. The Morgan fingerprint density at radius 2 is 1.74 bits per heavy atom. The number of amides is 2. The Morgan fingerprint density at radius 1 is 1.00 bits per heavy atom. The number of rotatable bonds is 5. The molecule has 1 N–H and O–H groups in total. The van der Waals surface area contributed by atoms with E-state index in [1.165, 1.54) is 6.33 Å². The van der Waals surface area contributed by atoms with Gasteiger partial charge in [-0.3, -0.25) is 9.59 Å². The molecule has 1 aliphatic heterocycles. The molecule has 1 atom stereocenters. The zero-order valence-corrected chi connectivity index (χ0v) is 21.4. The van der Waals surface area contributed by atoms with Gasteiger partial charge >= 0.3 is 0 Å². The molecule has 0 bridgehead atoms. The van der Waals surface area contributed by atoms with E-state index in [4.69, 9.17) is 11.6 Å². The van der Waals surface area contributed by atoms with E-state index in [0.717, 1.165) is 16.9 Å². The summed E-state index contributed by atoms with van der Waals surface area (Å²) in [5.41, 5.74) is 3.97. The minimum Gasteiger partial charge on any atom is -0.312 e. The van der Waals surface area contributed by atoms with Gasteiger partial charge in [-0.05, 0) is 50.2 Å². The Kier molecular flexibility index (Phi) is 5.88. The molecule has 0 spiro atoms. The molecule has 2 aromatic carbocycles. The van der Waals surface area contributed by atoms with Gasteiger partial charge in [-0.25, -0.2) is 14.6 Å². The third kappa shape index (κ3) is 4.28. The zero-order chi connectivity index (χ0) is 26.4. The van der Waals surface area contributed by atoms with Crippen molar-refractivity contribution < 1.29 is 9.59 Å². The van der Waals surface area contributed by atoms with E-state index in [-0.39, 0.29) is 18.2 Å². The zero-order valence-electron chi connectivity index (χ0n) is 20.7. The average molecular weight is 527 g/mol. The second-order valence-electron chi connectivity index (χ2n) is 9.28. The van der Waals surface area contributed by atoms with Crippen LogP contribution in [0.1, 0.15) is 17.7 Å². The summed E-state index contributed by atoms with van der Waals surface area (Å²) in [5, 5.41) is 13.3. The minimum absolute atomic E-state index is 0.0780. The van der Waals surface area contributed by atoms with Crippen LogP contribution in [0, 0.1) is 19.8 Å². The van der Waals surface area contributed by atoms with E-state index < -0.39 is 5.92 Å². The second-order valence-corrected chi connectivity index (χ2v) is 9.72. The monoisotopic (exact) mass is 526 g/mol.